The molecule has 0 aromatic carbocycles. The van der Waals surface area contributed by atoms with E-state index in [0.717, 1.165) is 25.7 Å². The molecule has 1 heterocycles. The third-order valence-electron chi connectivity index (χ3n) is 4.25. The lowest BCUT2D eigenvalue weighted by molar-refractivity contribution is -0.152. The molecule has 2 rings (SSSR count). The van der Waals surface area contributed by atoms with Gasteiger partial charge in [0.15, 0.2) is 0 Å². The highest BCUT2D eigenvalue weighted by molar-refractivity contribution is 5.95. The number of hydrogen-bond acceptors (Lipinski definition) is 3. The highest BCUT2D eigenvalue weighted by Crippen LogP contribution is 2.31. The predicted octanol–water partition coefficient (Wildman–Crippen LogP) is 0.929. The average Bonchev–Trinajstić information content (AvgIpc) is 2.42. The summed E-state index contributed by atoms with van der Waals surface area (Å²) in [5.74, 6) is 0.325. The number of hydrogen-bond donors (Lipinski definition) is 1. The van der Waals surface area contributed by atoms with Crippen LogP contribution in [0.25, 0.3) is 0 Å². The first kappa shape index (κ1) is 14.3. The van der Waals surface area contributed by atoms with Crippen molar-refractivity contribution >= 4 is 11.8 Å². The molecule has 0 aromatic rings. The van der Waals surface area contributed by atoms with Gasteiger partial charge in [-0.3, -0.25) is 9.59 Å². The summed E-state index contributed by atoms with van der Waals surface area (Å²) >= 11 is 0. The van der Waals surface area contributed by atoms with E-state index in [1.807, 2.05) is 6.92 Å². The molecule has 2 aliphatic rings. The molecule has 19 heavy (non-hydrogen) atoms. The number of methoxy groups -OCH3 is 1. The van der Waals surface area contributed by atoms with E-state index in [1.165, 1.54) is 6.42 Å². The summed E-state index contributed by atoms with van der Waals surface area (Å²) in [6.07, 6.45) is 5.65. The Morgan fingerprint density at radius 2 is 2.00 bits per heavy atom. The lowest BCUT2D eigenvalue weighted by Gasteiger charge is -2.43. The quantitative estimate of drug-likeness (QED) is 0.825. The second-order valence-electron chi connectivity index (χ2n) is 5.67. The van der Waals surface area contributed by atoms with Gasteiger partial charge in [0.2, 0.25) is 11.8 Å². The molecule has 2 atom stereocenters. The average molecular weight is 268 g/mol. The molecule has 0 aromatic heterocycles. The molecule has 5 heteroatoms. The molecule has 1 N–H and O–H groups in total. The van der Waals surface area contributed by atoms with Crippen molar-refractivity contribution in [3.8, 4) is 0 Å². The topological polar surface area (TPSA) is 58.6 Å². The van der Waals surface area contributed by atoms with Crippen molar-refractivity contribution in [2.75, 3.05) is 20.3 Å². The summed E-state index contributed by atoms with van der Waals surface area (Å²) in [4.78, 5) is 26.1. The van der Waals surface area contributed by atoms with Gasteiger partial charge >= 0.3 is 0 Å². The molecular weight excluding hydrogens is 244 g/mol. The zero-order chi connectivity index (χ0) is 13.8. The van der Waals surface area contributed by atoms with Gasteiger partial charge in [0.05, 0.1) is 19.2 Å². The SMILES string of the molecule is COCC(C)N1C(=O)CNC(=O)C1C1CCCCC1. The van der Waals surface area contributed by atoms with Crippen LogP contribution >= 0.6 is 0 Å². The Kier molecular flexibility index (Phi) is 4.80. The minimum Gasteiger partial charge on any atom is -0.383 e. The third-order valence-corrected chi connectivity index (χ3v) is 4.25. The van der Waals surface area contributed by atoms with Gasteiger partial charge in [-0.05, 0) is 25.7 Å². The predicted molar refractivity (Wildman–Crippen MR) is 71.6 cm³/mol. The Labute approximate surface area is 114 Å². The van der Waals surface area contributed by atoms with E-state index in [4.69, 9.17) is 4.74 Å². The zero-order valence-corrected chi connectivity index (χ0v) is 11.9. The maximum absolute atomic E-state index is 12.2. The minimum absolute atomic E-state index is 0.00875. The molecule has 0 spiro atoms. The molecule has 108 valence electrons. The lowest BCUT2D eigenvalue weighted by Crippen LogP contribution is -2.64. The van der Waals surface area contributed by atoms with Gasteiger partial charge in [0.1, 0.15) is 6.04 Å². The smallest absolute Gasteiger partial charge is 0.243 e. The number of carbonyl (C=O) groups excluding carboxylic acids is 2. The first-order valence-corrected chi connectivity index (χ1v) is 7.23. The van der Waals surface area contributed by atoms with Crippen LogP contribution in [-0.2, 0) is 14.3 Å². The first-order chi connectivity index (χ1) is 9.15. The number of carbonyl (C=O) groups is 2. The fraction of sp³-hybridized carbons (Fsp3) is 0.857. The number of ether oxygens (including phenoxy) is 1. The van der Waals surface area contributed by atoms with Crippen molar-refractivity contribution < 1.29 is 14.3 Å². The fourth-order valence-electron chi connectivity index (χ4n) is 3.37. The standard InChI is InChI=1S/C14H24N2O3/c1-10(9-19-2)16-12(17)8-15-14(18)13(16)11-6-4-3-5-7-11/h10-11,13H,3-9H2,1-2H3,(H,15,18). The van der Waals surface area contributed by atoms with Crippen LogP contribution in [0.5, 0.6) is 0 Å². The van der Waals surface area contributed by atoms with Gasteiger partial charge < -0.3 is 15.0 Å². The summed E-state index contributed by atoms with van der Waals surface area (Å²) < 4.78 is 5.15. The van der Waals surface area contributed by atoms with E-state index < -0.39 is 0 Å². The van der Waals surface area contributed by atoms with Crippen LogP contribution in [0.1, 0.15) is 39.0 Å². The molecule has 5 nitrogen and oxygen atoms in total. The van der Waals surface area contributed by atoms with Crippen molar-refractivity contribution in [1.82, 2.24) is 10.2 Å². The summed E-state index contributed by atoms with van der Waals surface area (Å²) in [5.41, 5.74) is 0. The second-order valence-corrected chi connectivity index (χ2v) is 5.67. The molecule has 2 fully saturated rings. The highest BCUT2D eigenvalue weighted by Gasteiger charge is 2.42. The molecule has 1 saturated carbocycles. The van der Waals surface area contributed by atoms with Crippen molar-refractivity contribution in [1.29, 1.82) is 0 Å². The van der Waals surface area contributed by atoms with Crippen molar-refractivity contribution in [3.05, 3.63) is 0 Å². The summed E-state index contributed by atoms with van der Waals surface area (Å²) in [7, 11) is 1.63. The molecule has 1 saturated heterocycles. The molecule has 1 aliphatic carbocycles. The molecule has 1 aliphatic heterocycles. The minimum atomic E-state index is -0.299. The van der Waals surface area contributed by atoms with Gasteiger partial charge in [-0.1, -0.05) is 19.3 Å². The van der Waals surface area contributed by atoms with Crippen LogP contribution in [-0.4, -0.2) is 49.1 Å². The Hall–Kier alpha value is -1.10. The van der Waals surface area contributed by atoms with E-state index in [0.29, 0.717) is 12.5 Å². The van der Waals surface area contributed by atoms with Gasteiger partial charge in [0, 0.05) is 7.11 Å². The van der Waals surface area contributed by atoms with E-state index in [1.54, 1.807) is 12.0 Å². The number of nitrogens with zero attached hydrogens (tertiary/aromatic N) is 1. The van der Waals surface area contributed by atoms with Crippen LogP contribution in [0.4, 0.5) is 0 Å². The van der Waals surface area contributed by atoms with Crippen molar-refractivity contribution in [2.24, 2.45) is 5.92 Å². The van der Waals surface area contributed by atoms with Crippen molar-refractivity contribution in [2.45, 2.75) is 51.1 Å². The third kappa shape index (κ3) is 3.08. The number of amides is 2. The normalized spacial score (nSPS) is 27.3. The number of piperazine rings is 1. The molecule has 2 unspecified atom stereocenters. The van der Waals surface area contributed by atoms with E-state index in [2.05, 4.69) is 5.32 Å². The first-order valence-electron chi connectivity index (χ1n) is 7.23. The van der Waals surface area contributed by atoms with Gasteiger partial charge in [-0.15, -0.1) is 0 Å². The van der Waals surface area contributed by atoms with Crippen molar-refractivity contribution in [3.63, 3.8) is 0 Å². The van der Waals surface area contributed by atoms with Crippen LogP contribution in [0.2, 0.25) is 0 Å². The lowest BCUT2D eigenvalue weighted by atomic mass is 9.81. The maximum atomic E-state index is 12.2. The second kappa shape index (κ2) is 6.37. The summed E-state index contributed by atoms with van der Waals surface area (Å²) in [6, 6.07) is -0.345. The maximum Gasteiger partial charge on any atom is 0.243 e. The highest BCUT2D eigenvalue weighted by atomic mass is 16.5. The Balaban J connectivity index is 2.17. The van der Waals surface area contributed by atoms with Crippen LogP contribution in [0, 0.1) is 5.92 Å². The Bertz CT molecular complexity index is 340. The molecule has 0 radical (unpaired) electrons. The van der Waals surface area contributed by atoms with Crippen LogP contribution < -0.4 is 5.32 Å². The van der Waals surface area contributed by atoms with E-state index in [9.17, 15) is 9.59 Å². The van der Waals surface area contributed by atoms with Gasteiger partial charge in [0.25, 0.3) is 0 Å². The fourth-order valence-corrected chi connectivity index (χ4v) is 3.37. The van der Waals surface area contributed by atoms with E-state index in [-0.39, 0.29) is 30.4 Å². The van der Waals surface area contributed by atoms with Crippen LogP contribution in [0.3, 0.4) is 0 Å². The zero-order valence-electron chi connectivity index (χ0n) is 11.9. The number of nitrogens with one attached hydrogen (secondary N) is 1. The molecule has 0 bridgehead atoms. The summed E-state index contributed by atoms with van der Waals surface area (Å²) in [6.45, 7) is 2.55. The molecular formula is C14H24N2O3. The number of rotatable bonds is 4. The van der Waals surface area contributed by atoms with Crippen LogP contribution in [0.15, 0.2) is 0 Å². The molecule has 2 amide bonds. The summed E-state index contributed by atoms with van der Waals surface area (Å²) in [5, 5.41) is 2.74. The Morgan fingerprint density at radius 1 is 1.32 bits per heavy atom. The monoisotopic (exact) mass is 268 g/mol. The largest absolute Gasteiger partial charge is 0.383 e. The van der Waals surface area contributed by atoms with Gasteiger partial charge in [-0.2, -0.15) is 0 Å². The Morgan fingerprint density at radius 3 is 2.63 bits per heavy atom. The van der Waals surface area contributed by atoms with E-state index >= 15 is 0 Å². The van der Waals surface area contributed by atoms with Gasteiger partial charge in [-0.25, -0.2) is 0 Å².